The van der Waals surface area contributed by atoms with Crippen molar-refractivity contribution in [1.29, 1.82) is 5.26 Å². The number of aromatic nitrogens is 2. The molecule has 0 amide bonds. The van der Waals surface area contributed by atoms with Crippen LogP contribution in [0.2, 0.25) is 0 Å². The molecular weight excluding hydrogens is 574 g/mol. The van der Waals surface area contributed by atoms with Crippen LogP contribution in [0.1, 0.15) is 70.8 Å². The van der Waals surface area contributed by atoms with E-state index in [-0.39, 0.29) is 12.0 Å². The van der Waals surface area contributed by atoms with Gasteiger partial charge in [-0.1, -0.05) is 78.9 Å². The Bertz CT molecular complexity index is 2410. The second-order valence-electron chi connectivity index (χ2n) is 13.2. The van der Waals surface area contributed by atoms with E-state index in [2.05, 4.69) is 118 Å². The fourth-order valence-electron chi connectivity index (χ4n) is 8.68. The average Bonchev–Trinajstić information content (AvgIpc) is 3.79. The number of nitriles is 1. The lowest BCUT2D eigenvalue weighted by Gasteiger charge is -2.23. The zero-order valence-corrected chi connectivity index (χ0v) is 26.1. The van der Waals surface area contributed by atoms with Crippen molar-refractivity contribution < 1.29 is 4.74 Å². The van der Waals surface area contributed by atoms with Gasteiger partial charge in [-0.3, -0.25) is 0 Å². The van der Waals surface area contributed by atoms with Crippen LogP contribution < -0.4 is 4.74 Å². The summed E-state index contributed by atoms with van der Waals surface area (Å²) in [6.45, 7) is 0. The average molecular weight is 608 g/mol. The van der Waals surface area contributed by atoms with Crippen molar-refractivity contribution >= 4 is 45.2 Å². The molecule has 4 nitrogen and oxygen atoms in total. The zero-order valence-electron chi connectivity index (χ0n) is 26.1. The van der Waals surface area contributed by atoms with Gasteiger partial charge in [0.15, 0.2) is 0 Å². The summed E-state index contributed by atoms with van der Waals surface area (Å²) >= 11 is 0. The van der Waals surface area contributed by atoms with E-state index < -0.39 is 0 Å². The van der Waals surface area contributed by atoms with Crippen molar-refractivity contribution in [3.8, 4) is 17.5 Å². The fraction of sp³-hybridized carbons (Fsp3) is 0.186. The number of ether oxygens (including phenoxy) is 1. The van der Waals surface area contributed by atoms with Crippen molar-refractivity contribution in [2.75, 3.05) is 0 Å². The minimum Gasteiger partial charge on any atom is -0.483 e. The minimum absolute atomic E-state index is 0.0519. The van der Waals surface area contributed by atoms with Crippen LogP contribution in [0.3, 0.4) is 0 Å². The number of para-hydroxylation sites is 1. The van der Waals surface area contributed by atoms with E-state index in [1.54, 1.807) is 0 Å². The van der Waals surface area contributed by atoms with Gasteiger partial charge in [0.1, 0.15) is 11.9 Å². The molecule has 0 saturated carbocycles. The molecule has 3 aromatic carbocycles. The summed E-state index contributed by atoms with van der Waals surface area (Å²) in [6, 6.07) is 22.0. The lowest BCUT2D eigenvalue weighted by atomic mass is 9.85. The molecule has 2 unspecified atom stereocenters. The monoisotopic (exact) mass is 607 g/mol. The van der Waals surface area contributed by atoms with Gasteiger partial charge in [0.2, 0.25) is 0 Å². The number of allylic oxidation sites excluding steroid dienone is 8. The van der Waals surface area contributed by atoms with E-state index >= 15 is 0 Å². The Kier molecular flexibility index (Phi) is 5.81. The van der Waals surface area contributed by atoms with Crippen molar-refractivity contribution in [2.45, 2.75) is 50.5 Å². The number of nitrogens with zero attached hydrogens (tertiary/aromatic N) is 3. The third-order valence-corrected chi connectivity index (χ3v) is 10.7. The van der Waals surface area contributed by atoms with Gasteiger partial charge < -0.3 is 13.9 Å². The predicted octanol–water partition coefficient (Wildman–Crippen LogP) is 10.1. The SMILES string of the molecule is N#Cc1cccc(-n2c3c(c4c2CCC=C4)CCC=C3)c1C1=CC2c3ccc4c5ccccc5n(C5=CC=CCC5)c4c3OC2C=C1. The first kappa shape index (κ1) is 26.7. The second kappa shape index (κ2) is 10.2. The van der Waals surface area contributed by atoms with Crippen LogP contribution >= 0.6 is 0 Å². The first-order valence-corrected chi connectivity index (χ1v) is 16.9. The highest BCUT2D eigenvalue weighted by Crippen LogP contribution is 2.50. The van der Waals surface area contributed by atoms with Crippen molar-refractivity contribution in [2.24, 2.45) is 0 Å². The molecule has 10 rings (SSSR count). The van der Waals surface area contributed by atoms with Gasteiger partial charge >= 0.3 is 0 Å². The number of rotatable bonds is 3. The molecule has 0 N–H and O–H groups in total. The number of hydrogen-bond donors (Lipinski definition) is 0. The molecule has 47 heavy (non-hydrogen) atoms. The van der Waals surface area contributed by atoms with Gasteiger partial charge in [-0.2, -0.15) is 5.26 Å². The van der Waals surface area contributed by atoms with Gasteiger partial charge in [-0.05, 0) is 91.7 Å². The van der Waals surface area contributed by atoms with E-state index in [1.807, 2.05) is 12.1 Å². The molecule has 3 heterocycles. The van der Waals surface area contributed by atoms with Gasteiger partial charge in [-0.25, -0.2) is 0 Å². The first-order valence-electron chi connectivity index (χ1n) is 16.9. The molecule has 2 atom stereocenters. The molecule has 0 fully saturated rings. The molecular formula is C43H33N3O. The first-order chi connectivity index (χ1) is 23.3. The van der Waals surface area contributed by atoms with E-state index in [4.69, 9.17) is 4.74 Å². The normalized spacial score (nSPS) is 20.3. The number of hydrogen-bond acceptors (Lipinski definition) is 2. The van der Waals surface area contributed by atoms with Crippen LogP contribution in [-0.2, 0) is 12.8 Å². The summed E-state index contributed by atoms with van der Waals surface area (Å²) in [7, 11) is 0. The summed E-state index contributed by atoms with van der Waals surface area (Å²) in [5, 5.41) is 12.9. The third-order valence-electron chi connectivity index (χ3n) is 10.7. The Labute approximate surface area is 274 Å². The van der Waals surface area contributed by atoms with Crippen LogP contribution in [0.4, 0.5) is 0 Å². The highest BCUT2D eigenvalue weighted by molar-refractivity contribution is 6.12. The van der Waals surface area contributed by atoms with Crippen LogP contribution in [0.25, 0.3) is 50.9 Å². The Hall–Kier alpha value is -5.53. The van der Waals surface area contributed by atoms with Crippen LogP contribution in [0.15, 0.2) is 103 Å². The Morgan fingerprint density at radius 1 is 0.809 bits per heavy atom. The summed E-state index contributed by atoms with van der Waals surface area (Å²) in [5.74, 6) is 1.03. The molecule has 5 aromatic rings. The summed E-state index contributed by atoms with van der Waals surface area (Å²) in [4.78, 5) is 0. The van der Waals surface area contributed by atoms with Crippen molar-refractivity contribution in [1.82, 2.24) is 9.13 Å². The summed E-state index contributed by atoms with van der Waals surface area (Å²) in [5.41, 5.74) is 14.2. The maximum absolute atomic E-state index is 10.5. The maximum atomic E-state index is 10.5. The molecule has 1 aliphatic heterocycles. The Morgan fingerprint density at radius 3 is 2.62 bits per heavy atom. The smallest absolute Gasteiger partial charge is 0.148 e. The quantitative estimate of drug-likeness (QED) is 0.205. The lowest BCUT2D eigenvalue weighted by molar-refractivity contribution is 0.271. The number of fused-ring (bicyclic) bond motifs is 10. The standard InChI is InChI=1S/C43H33N3O/c44-26-28-11-10-20-39(46-37-18-8-4-14-30(37)31-15-5-9-19-38(31)46)41(28)27-21-24-40-35(25-27)34-23-22-33-32-16-6-7-17-36(32)45(42(33)43(34)47-40)29-12-2-1-3-13-29/h1-2,4,6-7,9-12,14,16-17,19-25,35,40H,3,5,8,13,15,18H2. The molecule has 226 valence electrons. The van der Waals surface area contributed by atoms with E-state index in [9.17, 15) is 5.26 Å². The maximum Gasteiger partial charge on any atom is 0.148 e. The van der Waals surface area contributed by atoms with E-state index in [1.165, 1.54) is 50.1 Å². The highest BCUT2D eigenvalue weighted by Gasteiger charge is 2.37. The topological polar surface area (TPSA) is 42.9 Å². The fourth-order valence-corrected chi connectivity index (χ4v) is 8.68. The van der Waals surface area contributed by atoms with Gasteiger partial charge in [0.05, 0.1) is 28.4 Å². The highest BCUT2D eigenvalue weighted by atomic mass is 16.5. The summed E-state index contributed by atoms with van der Waals surface area (Å²) < 4.78 is 11.8. The third kappa shape index (κ3) is 3.80. The molecule has 0 bridgehead atoms. The molecule has 0 radical (unpaired) electrons. The summed E-state index contributed by atoms with van der Waals surface area (Å²) in [6.07, 6.45) is 28.7. The Morgan fingerprint density at radius 2 is 1.70 bits per heavy atom. The largest absolute Gasteiger partial charge is 0.483 e. The lowest BCUT2D eigenvalue weighted by Crippen LogP contribution is -2.18. The molecule has 4 heteroatoms. The second-order valence-corrected chi connectivity index (χ2v) is 13.2. The zero-order chi connectivity index (χ0) is 31.1. The molecule has 5 aliphatic rings. The van der Waals surface area contributed by atoms with E-state index in [0.29, 0.717) is 5.56 Å². The minimum atomic E-state index is -0.0936. The molecule has 2 aromatic heterocycles. The van der Waals surface area contributed by atoms with E-state index in [0.717, 1.165) is 66.6 Å². The molecule has 0 spiro atoms. The van der Waals surface area contributed by atoms with Gasteiger partial charge in [0.25, 0.3) is 0 Å². The van der Waals surface area contributed by atoms with Gasteiger partial charge in [0, 0.05) is 44.9 Å². The van der Waals surface area contributed by atoms with Crippen molar-refractivity contribution in [3.05, 3.63) is 142 Å². The van der Waals surface area contributed by atoms with Crippen LogP contribution in [-0.4, -0.2) is 15.2 Å². The molecule has 4 aliphatic carbocycles. The Balaban J connectivity index is 1.17. The van der Waals surface area contributed by atoms with Crippen molar-refractivity contribution in [3.63, 3.8) is 0 Å². The van der Waals surface area contributed by atoms with Crippen LogP contribution in [0.5, 0.6) is 5.75 Å². The van der Waals surface area contributed by atoms with Crippen LogP contribution in [0, 0.1) is 11.3 Å². The number of benzene rings is 3. The predicted molar refractivity (Wildman–Crippen MR) is 192 cm³/mol. The molecule has 0 saturated heterocycles. The van der Waals surface area contributed by atoms with Gasteiger partial charge in [-0.15, -0.1) is 0 Å².